The summed E-state index contributed by atoms with van der Waals surface area (Å²) in [5.74, 6) is -1.68. The van der Waals surface area contributed by atoms with E-state index < -0.39 is 27.0 Å². The Morgan fingerprint density at radius 2 is 1.30 bits per heavy atom. The Kier molecular flexibility index (Phi) is 10.9. The predicted molar refractivity (Wildman–Crippen MR) is 76.0 cm³/mol. The molecule has 0 atom stereocenters. The number of carbonyl (C=O) groups is 2. The molecule has 1 aromatic rings. The zero-order valence-corrected chi connectivity index (χ0v) is 10.4. The maximum atomic E-state index is 11.3. The summed E-state index contributed by atoms with van der Waals surface area (Å²) >= 11 is 0. The minimum absolute atomic E-state index is 0. The van der Waals surface area contributed by atoms with Gasteiger partial charge < -0.3 is 9.47 Å². The Balaban J connectivity index is 0. The van der Waals surface area contributed by atoms with E-state index in [2.05, 4.69) is 9.47 Å². The van der Waals surface area contributed by atoms with Crippen LogP contribution in [0.1, 0.15) is 20.7 Å². The van der Waals surface area contributed by atoms with Crippen molar-refractivity contribution in [2.75, 3.05) is 14.2 Å². The van der Waals surface area contributed by atoms with E-state index in [0.717, 1.165) is 32.4 Å². The van der Waals surface area contributed by atoms with Crippen LogP contribution in [0.4, 0.5) is 0 Å². The van der Waals surface area contributed by atoms with Crippen LogP contribution in [0.25, 0.3) is 0 Å². The van der Waals surface area contributed by atoms with Gasteiger partial charge in [0.1, 0.15) is 0 Å². The molecule has 0 bridgehead atoms. The molecule has 10 heteroatoms. The predicted octanol–water partition coefficient (Wildman–Crippen LogP) is -1.33. The van der Waals surface area contributed by atoms with Gasteiger partial charge in [-0.25, -0.2) is 9.59 Å². The van der Waals surface area contributed by atoms with Crippen LogP contribution in [0, 0.1) is 0 Å². The second-order valence-corrected chi connectivity index (χ2v) is 4.63. The molecule has 1 rings (SSSR count). The Bertz CT molecular complexity index is 563. The molecule has 0 heterocycles. The van der Waals surface area contributed by atoms with E-state index in [1.807, 2.05) is 0 Å². The van der Waals surface area contributed by atoms with Crippen LogP contribution >= 0.6 is 0 Å². The Labute approximate surface area is 175 Å². The van der Waals surface area contributed by atoms with Crippen molar-refractivity contribution >= 4 is 97.5 Å². The van der Waals surface area contributed by atoms with Crippen LogP contribution < -0.4 is 0 Å². The topological polar surface area (TPSA) is 107 Å². The average molecular weight is 358 g/mol. The molecule has 0 saturated heterocycles. The van der Waals surface area contributed by atoms with Gasteiger partial charge in [0.2, 0.25) is 0 Å². The van der Waals surface area contributed by atoms with Gasteiger partial charge in [0.15, 0.2) is 0 Å². The maximum absolute atomic E-state index is 11.3. The van der Waals surface area contributed by atoms with Crippen LogP contribution in [0.15, 0.2) is 23.1 Å². The first kappa shape index (κ1) is 22.9. The van der Waals surface area contributed by atoms with E-state index in [9.17, 15) is 18.0 Å². The Hall–Kier alpha value is 0.589. The number of rotatable bonds is 3. The number of hydrogen-bond donors (Lipinski definition) is 1. The van der Waals surface area contributed by atoms with Crippen molar-refractivity contribution in [1.82, 2.24) is 0 Å². The number of methoxy groups -OCH3 is 2. The molecule has 0 aliphatic heterocycles. The third kappa shape index (κ3) is 6.15. The van der Waals surface area contributed by atoms with E-state index in [1.165, 1.54) is 0 Å². The molecule has 0 spiro atoms. The molecule has 1 N–H and O–H groups in total. The summed E-state index contributed by atoms with van der Waals surface area (Å²) in [6, 6.07) is 2.90. The standard InChI is InChI=1S/C10H10O7S.2Ca.4H/c1-16-9(11)6-3-7(10(12)17-2)5-8(4-6)18(13,14)15;;;;;;/h3-5H,1-2H3,(H,13,14,15);;;;;;. The fourth-order valence-corrected chi connectivity index (χ4v) is 1.77. The molecule has 0 saturated carbocycles. The summed E-state index contributed by atoms with van der Waals surface area (Å²) in [4.78, 5) is 22.0. The van der Waals surface area contributed by atoms with Gasteiger partial charge in [-0.1, -0.05) is 0 Å². The van der Waals surface area contributed by atoms with Crippen molar-refractivity contribution in [2.45, 2.75) is 4.90 Å². The summed E-state index contributed by atoms with van der Waals surface area (Å²) in [6.45, 7) is 0. The first-order chi connectivity index (χ1) is 8.29. The third-order valence-electron chi connectivity index (χ3n) is 2.05. The van der Waals surface area contributed by atoms with Crippen molar-refractivity contribution in [3.8, 4) is 0 Å². The number of esters is 2. The quantitative estimate of drug-likeness (QED) is 0.405. The van der Waals surface area contributed by atoms with Gasteiger partial charge in [-0.2, -0.15) is 8.42 Å². The molecule has 0 fully saturated rings. The molecule has 0 aromatic heterocycles. The van der Waals surface area contributed by atoms with Crippen molar-refractivity contribution in [3.63, 3.8) is 0 Å². The number of ether oxygens (including phenoxy) is 2. The number of benzene rings is 1. The fourth-order valence-electron chi connectivity index (χ4n) is 1.22. The Morgan fingerprint density at radius 1 is 0.950 bits per heavy atom. The van der Waals surface area contributed by atoms with Gasteiger partial charge >= 0.3 is 87.4 Å². The molecule has 0 radical (unpaired) electrons. The molecule has 0 amide bonds. The molecule has 0 aliphatic rings. The first-order valence-corrected chi connectivity index (χ1v) is 6.03. The number of carbonyl (C=O) groups excluding carboxylic acids is 2. The van der Waals surface area contributed by atoms with E-state index in [4.69, 9.17) is 4.55 Å². The summed E-state index contributed by atoms with van der Waals surface area (Å²) in [5.41, 5.74) is -0.374. The summed E-state index contributed by atoms with van der Waals surface area (Å²) in [5, 5.41) is 0. The van der Waals surface area contributed by atoms with Gasteiger partial charge in [-0.05, 0) is 18.2 Å². The zero-order valence-electron chi connectivity index (χ0n) is 9.54. The average Bonchev–Trinajstić information content (AvgIpc) is 2.35. The van der Waals surface area contributed by atoms with Gasteiger partial charge in [0.25, 0.3) is 10.1 Å². The van der Waals surface area contributed by atoms with Crippen LogP contribution in [0.5, 0.6) is 0 Å². The summed E-state index contributed by atoms with van der Waals surface area (Å²) in [6.07, 6.45) is 0. The van der Waals surface area contributed by atoms with Crippen molar-refractivity contribution in [2.24, 2.45) is 0 Å². The van der Waals surface area contributed by atoms with Gasteiger partial charge in [0.05, 0.1) is 30.2 Å². The Morgan fingerprint density at radius 3 is 1.55 bits per heavy atom. The van der Waals surface area contributed by atoms with Crippen LogP contribution in [-0.2, 0) is 19.6 Å². The second kappa shape index (κ2) is 9.57. The first-order valence-electron chi connectivity index (χ1n) is 4.59. The van der Waals surface area contributed by atoms with Crippen LogP contribution in [0.2, 0.25) is 0 Å². The van der Waals surface area contributed by atoms with E-state index >= 15 is 0 Å². The van der Waals surface area contributed by atoms with E-state index in [1.54, 1.807) is 0 Å². The molecule has 0 unspecified atom stereocenters. The summed E-state index contributed by atoms with van der Waals surface area (Å²) in [7, 11) is -2.35. The van der Waals surface area contributed by atoms with Crippen molar-refractivity contribution in [3.05, 3.63) is 29.3 Å². The molecular formula is C10H14Ca2O7S. The summed E-state index contributed by atoms with van der Waals surface area (Å²) < 4.78 is 39.7. The van der Waals surface area contributed by atoms with Gasteiger partial charge in [0, 0.05) is 0 Å². The van der Waals surface area contributed by atoms with Gasteiger partial charge in [-0.15, -0.1) is 0 Å². The molecular weight excluding hydrogens is 344 g/mol. The molecule has 0 aliphatic carbocycles. The van der Waals surface area contributed by atoms with Gasteiger partial charge in [-0.3, -0.25) is 4.55 Å². The fraction of sp³-hybridized carbons (Fsp3) is 0.200. The normalized spacial score (nSPS) is 9.75. The molecule has 1 aromatic carbocycles. The van der Waals surface area contributed by atoms with Crippen molar-refractivity contribution in [1.29, 1.82) is 0 Å². The SMILES string of the molecule is COC(=O)c1cc(C(=O)OC)cc(S(=O)(=O)O)c1.[CaH2].[CaH2]. The van der Waals surface area contributed by atoms with E-state index in [-0.39, 0.29) is 86.6 Å². The minimum atomic E-state index is -4.55. The molecule has 20 heavy (non-hydrogen) atoms. The van der Waals surface area contributed by atoms with Crippen LogP contribution in [0.3, 0.4) is 0 Å². The third-order valence-corrected chi connectivity index (χ3v) is 2.88. The second-order valence-electron chi connectivity index (χ2n) is 3.20. The van der Waals surface area contributed by atoms with E-state index in [0.29, 0.717) is 0 Å². The van der Waals surface area contributed by atoms with Crippen molar-refractivity contribution < 1.29 is 32.0 Å². The zero-order chi connectivity index (χ0) is 13.9. The molecule has 106 valence electrons. The number of hydrogen-bond acceptors (Lipinski definition) is 6. The van der Waals surface area contributed by atoms with Crippen LogP contribution in [-0.4, -0.2) is 115 Å². The monoisotopic (exact) mass is 358 g/mol. The molecule has 7 nitrogen and oxygen atoms in total.